The Morgan fingerprint density at radius 3 is 2.40 bits per heavy atom. The lowest BCUT2D eigenvalue weighted by atomic mass is 10.2. The minimum atomic E-state index is -0.472. The molecule has 0 fully saturated rings. The zero-order valence-electron chi connectivity index (χ0n) is 7.09. The van der Waals surface area contributed by atoms with Gasteiger partial charge in [-0.2, -0.15) is 0 Å². The minimum absolute atomic E-state index is 0.0302. The van der Waals surface area contributed by atoms with Gasteiger partial charge in [0, 0.05) is 10.4 Å². The highest BCUT2D eigenvalue weighted by Crippen LogP contribution is 2.36. The van der Waals surface area contributed by atoms with Gasteiger partial charge >= 0.3 is 0 Å². The maximum Gasteiger partial charge on any atom is 0.142 e. The maximum atomic E-state index is 13.2. The Bertz CT molecular complexity index is 559. The molecule has 0 saturated heterocycles. The number of halogens is 3. The Morgan fingerprint density at radius 2 is 1.80 bits per heavy atom. The van der Waals surface area contributed by atoms with Gasteiger partial charge in [0.2, 0.25) is 0 Å². The molecule has 1 heterocycles. The zero-order valence-corrected chi connectivity index (χ0v) is 11.1. The highest BCUT2D eigenvalue weighted by molar-refractivity contribution is 7.80. The topological polar surface area (TPSA) is 0 Å². The van der Waals surface area contributed by atoms with E-state index in [0.717, 1.165) is 8.70 Å². The molecule has 6 heteroatoms. The Morgan fingerprint density at radius 1 is 1.07 bits per heavy atom. The average Bonchev–Trinajstić information content (AvgIpc) is 2.58. The van der Waals surface area contributed by atoms with Crippen LogP contribution < -0.4 is 0 Å². The van der Waals surface area contributed by atoms with Crippen LogP contribution in [0.1, 0.15) is 0 Å². The summed E-state index contributed by atoms with van der Waals surface area (Å²) in [5, 5.41) is 0.466. The summed E-state index contributed by atoms with van der Waals surface area (Å²) in [5.74, 6) is -0.472. The highest BCUT2D eigenvalue weighted by atomic mass is 35.5. The van der Waals surface area contributed by atoms with Gasteiger partial charge in [-0.1, -0.05) is 56.1 Å². The first kappa shape index (κ1) is 11.5. The molecule has 0 nitrogen and oxygen atoms in total. The van der Waals surface area contributed by atoms with Crippen LogP contribution in [0.5, 0.6) is 0 Å². The van der Waals surface area contributed by atoms with Gasteiger partial charge in [-0.25, -0.2) is 4.39 Å². The van der Waals surface area contributed by atoms with Crippen molar-refractivity contribution < 1.29 is 4.39 Å². The molecule has 0 bridgehead atoms. The average molecular weight is 297 g/mol. The molecule has 0 N–H and O–H groups in total. The summed E-state index contributed by atoms with van der Waals surface area (Å²) in [6.07, 6.45) is 0. The van der Waals surface area contributed by atoms with E-state index in [9.17, 15) is 4.39 Å². The largest absolute Gasteiger partial charge is 0.205 e. The second-order valence-corrected chi connectivity index (χ2v) is 6.47. The van der Waals surface area contributed by atoms with E-state index in [-0.39, 0.29) is 5.02 Å². The van der Waals surface area contributed by atoms with Crippen LogP contribution in [-0.4, -0.2) is 0 Å². The van der Waals surface area contributed by atoms with E-state index in [1.807, 2.05) is 0 Å². The molecule has 2 aromatic rings. The lowest BCUT2D eigenvalue weighted by molar-refractivity contribution is 0.629. The summed E-state index contributed by atoms with van der Waals surface area (Å²) >= 11 is 16.6. The Balaban J connectivity index is 2.63. The van der Waals surface area contributed by atoms with Crippen LogP contribution in [0, 0.1) is 9.64 Å². The SMILES string of the molecule is Fc1cc(-c2cc(=S)ss2)c(Cl)cc1Cl. The third-order valence-electron chi connectivity index (χ3n) is 1.74. The summed E-state index contributed by atoms with van der Waals surface area (Å²) in [7, 11) is 2.94. The van der Waals surface area contributed by atoms with Crippen molar-refractivity contribution >= 4 is 56.1 Å². The first-order valence-corrected chi connectivity index (χ1v) is 7.14. The van der Waals surface area contributed by atoms with Crippen LogP contribution >= 0.6 is 56.1 Å². The summed E-state index contributed by atoms with van der Waals surface area (Å²) < 4.78 is 14.0. The molecule has 1 aromatic carbocycles. The van der Waals surface area contributed by atoms with Gasteiger partial charge in [-0.15, -0.1) is 0 Å². The van der Waals surface area contributed by atoms with E-state index in [2.05, 4.69) is 0 Å². The Hall–Kier alpha value is -0.000000000000000222. The summed E-state index contributed by atoms with van der Waals surface area (Å²) in [5.41, 5.74) is 0.635. The van der Waals surface area contributed by atoms with Crippen molar-refractivity contribution in [3.8, 4) is 10.4 Å². The van der Waals surface area contributed by atoms with Crippen molar-refractivity contribution in [1.82, 2.24) is 0 Å². The fourth-order valence-corrected chi connectivity index (χ4v) is 4.03. The summed E-state index contributed by atoms with van der Waals surface area (Å²) in [6, 6.07) is 4.54. The van der Waals surface area contributed by atoms with E-state index in [4.69, 9.17) is 35.4 Å². The number of rotatable bonds is 1. The predicted octanol–water partition coefficient (Wildman–Crippen LogP) is 5.65. The zero-order chi connectivity index (χ0) is 11.0. The molecule has 2 rings (SSSR count). The molecule has 1 aromatic heterocycles. The standard InChI is InChI=1S/C9H3Cl2FS3/c10-5-2-6(11)7(12)1-4(5)8-3-9(13)15-14-8/h1-3H. The quantitative estimate of drug-likeness (QED) is 0.372. The highest BCUT2D eigenvalue weighted by Gasteiger charge is 2.10. The van der Waals surface area contributed by atoms with Crippen molar-refractivity contribution in [3.63, 3.8) is 0 Å². The van der Waals surface area contributed by atoms with Crippen molar-refractivity contribution in [2.75, 3.05) is 0 Å². The van der Waals surface area contributed by atoms with Gasteiger partial charge in [0.15, 0.2) is 0 Å². The second-order valence-electron chi connectivity index (χ2n) is 2.74. The van der Waals surface area contributed by atoms with E-state index in [0.29, 0.717) is 10.6 Å². The molecule has 0 spiro atoms. The first-order chi connectivity index (χ1) is 7.08. The molecule has 0 aliphatic heterocycles. The van der Waals surface area contributed by atoms with Crippen molar-refractivity contribution in [2.24, 2.45) is 0 Å². The maximum absolute atomic E-state index is 13.2. The molecule has 0 radical (unpaired) electrons. The fourth-order valence-electron chi connectivity index (χ4n) is 1.08. The van der Waals surface area contributed by atoms with Crippen LogP contribution in [0.4, 0.5) is 4.39 Å². The molecule has 0 aliphatic rings. The molecule has 0 saturated carbocycles. The number of benzene rings is 1. The minimum Gasteiger partial charge on any atom is -0.205 e. The smallest absolute Gasteiger partial charge is 0.142 e. The van der Waals surface area contributed by atoms with Crippen LogP contribution in [0.3, 0.4) is 0 Å². The molecular formula is C9H3Cl2FS3. The Kier molecular flexibility index (Phi) is 3.42. The molecule has 0 unspecified atom stereocenters. The van der Waals surface area contributed by atoms with E-state index in [1.165, 1.54) is 32.8 Å². The van der Waals surface area contributed by atoms with Gasteiger partial charge < -0.3 is 0 Å². The summed E-state index contributed by atoms with van der Waals surface area (Å²) in [6.45, 7) is 0. The second kappa shape index (κ2) is 4.47. The fraction of sp³-hybridized carbons (Fsp3) is 0. The van der Waals surface area contributed by atoms with Crippen LogP contribution in [0.15, 0.2) is 18.2 Å². The number of hydrogen-bond acceptors (Lipinski definition) is 3. The van der Waals surface area contributed by atoms with Gasteiger partial charge in [0.05, 0.1) is 10.0 Å². The third-order valence-corrected chi connectivity index (χ3v) is 5.23. The normalized spacial score (nSPS) is 10.6. The van der Waals surface area contributed by atoms with Crippen LogP contribution in [0.2, 0.25) is 10.0 Å². The van der Waals surface area contributed by atoms with Crippen molar-refractivity contribution in [2.45, 2.75) is 0 Å². The molecular weight excluding hydrogens is 294 g/mol. The van der Waals surface area contributed by atoms with E-state index >= 15 is 0 Å². The van der Waals surface area contributed by atoms with Crippen molar-refractivity contribution in [3.05, 3.63) is 37.9 Å². The Labute approximate surface area is 108 Å². The first-order valence-electron chi connectivity index (χ1n) is 3.83. The lowest BCUT2D eigenvalue weighted by Gasteiger charge is -2.02. The van der Waals surface area contributed by atoms with Gasteiger partial charge in [-0.3, -0.25) is 0 Å². The molecule has 78 valence electrons. The van der Waals surface area contributed by atoms with E-state index in [1.54, 1.807) is 6.07 Å². The monoisotopic (exact) mass is 296 g/mol. The van der Waals surface area contributed by atoms with Crippen LogP contribution in [-0.2, 0) is 0 Å². The molecule has 15 heavy (non-hydrogen) atoms. The molecule has 0 aliphatic carbocycles. The van der Waals surface area contributed by atoms with Gasteiger partial charge in [0.1, 0.15) is 9.64 Å². The number of hydrogen-bond donors (Lipinski definition) is 0. The molecule has 0 amide bonds. The lowest BCUT2D eigenvalue weighted by Crippen LogP contribution is -1.81. The third kappa shape index (κ3) is 2.40. The van der Waals surface area contributed by atoms with Crippen LogP contribution in [0.25, 0.3) is 10.4 Å². The summed E-state index contributed by atoms with van der Waals surface area (Å²) in [4.78, 5) is 0.866. The van der Waals surface area contributed by atoms with Gasteiger partial charge in [-0.05, 0) is 18.2 Å². The molecule has 0 atom stereocenters. The van der Waals surface area contributed by atoms with Gasteiger partial charge in [0.25, 0.3) is 0 Å². The van der Waals surface area contributed by atoms with Crippen molar-refractivity contribution in [1.29, 1.82) is 0 Å². The predicted molar refractivity (Wildman–Crippen MR) is 68.4 cm³/mol. The van der Waals surface area contributed by atoms with E-state index < -0.39 is 5.82 Å².